The van der Waals surface area contributed by atoms with Crippen LogP contribution in [-0.4, -0.2) is 14.1 Å². The molecule has 4 nitrogen and oxygen atoms in total. The molecule has 0 bridgehead atoms. The third-order valence-corrected chi connectivity index (χ3v) is 10.8. The molecule has 7 aromatic carbocycles. The van der Waals surface area contributed by atoms with Gasteiger partial charge in [-0.05, 0) is 66.4 Å². The summed E-state index contributed by atoms with van der Waals surface area (Å²) in [7, 11) is 0. The first kappa shape index (κ1) is 31.5. The second kappa shape index (κ2) is 12.5. The summed E-state index contributed by atoms with van der Waals surface area (Å²) < 4.78 is 4.68. The molecule has 0 aliphatic rings. The SMILES string of the molecule is Cc1ccc(-c2ccc3c4ccccc4n(-c4cncc(-n5c6ccccc6c6ccc(-c7ccc(C)cc7)cc65)c4-c4ccccc4C#N)c3c2)cc1. The first-order valence-corrected chi connectivity index (χ1v) is 18.3. The van der Waals surface area contributed by atoms with Gasteiger partial charge in [0.15, 0.2) is 0 Å². The topological polar surface area (TPSA) is 46.5 Å². The molecular formula is C50H34N4. The fourth-order valence-electron chi connectivity index (χ4n) is 8.16. The number of aromatic nitrogens is 3. The van der Waals surface area contributed by atoms with E-state index in [1.807, 2.05) is 30.6 Å². The summed E-state index contributed by atoms with van der Waals surface area (Å²) in [6, 6.07) is 58.5. The highest BCUT2D eigenvalue weighted by Gasteiger charge is 2.24. The summed E-state index contributed by atoms with van der Waals surface area (Å²) in [6.07, 6.45) is 3.92. The van der Waals surface area contributed by atoms with Gasteiger partial charge >= 0.3 is 0 Å². The quantitative estimate of drug-likeness (QED) is 0.180. The Morgan fingerprint density at radius 2 is 0.870 bits per heavy atom. The Labute approximate surface area is 313 Å². The van der Waals surface area contributed by atoms with Crippen LogP contribution in [0.2, 0.25) is 0 Å². The maximum atomic E-state index is 10.6. The Morgan fingerprint density at radius 1 is 0.444 bits per heavy atom. The van der Waals surface area contributed by atoms with Crippen LogP contribution in [0.15, 0.2) is 170 Å². The summed E-state index contributed by atoms with van der Waals surface area (Å²) in [4.78, 5) is 5.02. The van der Waals surface area contributed by atoms with Gasteiger partial charge < -0.3 is 9.13 Å². The van der Waals surface area contributed by atoms with Crippen LogP contribution in [0, 0.1) is 25.2 Å². The summed E-state index contributed by atoms with van der Waals surface area (Å²) >= 11 is 0. The maximum Gasteiger partial charge on any atom is 0.0998 e. The Kier molecular flexibility index (Phi) is 7.28. The lowest BCUT2D eigenvalue weighted by Crippen LogP contribution is -2.05. The number of nitriles is 1. The molecule has 0 spiro atoms. The number of nitrogens with zero attached hydrogens (tertiary/aromatic N) is 4. The molecule has 10 rings (SSSR count). The van der Waals surface area contributed by atoms with Gasteiger partial charge in [-0.3, -0.25) is 4.98 Å². The Hall–Kier alpha value is -7.22. The van der Waals surface area contributed by atoms with E-state index < -0.39 is 0 Å². The van der Waals surface area contributed by atoms with Crippen LogP contribution in [0.1, 0.15) is 16.7 Å². The minimum Gasteiger partial charge on any atom is -0.307 e. The predicted molar refractivity (Wildman–Crippen MR) is 223 cm³/mol. The van der Waals surface area contributed by atoms with Crippen LogP contribution >= 0.6 is 0 Å². The Balaban J connectivity index is 1.33. The van der Waals surface area contributed by atoms with Crippen LogP contribution in [0.5, 0.6) is 0 Å². The molecule has 54 heavy (non-hydrogen) atoms. The van der Waals surface area contributed by atoms with E-state index in [1.165, 1.54) is 11.1 Å². The van der Waals surface area contributed by atoms with E-state index in [4.69, 9.17) is 4.98 Å². The van der Waals surface area contributed by atoms with Gasteiger partial charge in [0.2, 0.25) is 0 Å². The van der Waals surface area contributed by atoms with Crippen molar-refractivity contribution in [3.05, 3.63) is 187 Å². The molecule has 0 saturated carbocycles. The van der Waals surface area contributed by atoms with Crippen molar-refractivity contribution >= 4 is 43.6 Å². The van der Waals surface area contributed by atoms with E-state index in [2.05, 4.69) is 169 Å². The number of pyridine rings is 1. The first-order chi connectivity index (χ1) is 26.6. The van der Waals surface area contributed by atoms with Gasteiger partial charge in [-0.1, -0.05) is 139 Å². The normalized spacial score (nSPS) is 11.5. The van der Waals surface area contributed by atoms with Crippen molar-refractivity contribution in [2.75, 3.05) is 0 Å². The number of hydrogen-bond donors (Lipinski definition) is 0. The predicted octanol–water partition coefficient (Wildman–Crippen LogP) is 12.8. The van der Waals surface area contributed by atoms with Crippen molar-refractivity contribution in [3.8, 4) is 50.8 Å². The highest BCUT2D eigenvalue weighted by Crippen LogP contribution is 2.43. The number of hydrogen-bond acceptors (Lipinski definition) is 2. The number of rotatable bonds is 5. The first-order valence-electron chi connectivity index (χ1n) is 18.3. The van der Waals surface area contributed by atoms with Gasteiger partial charge in [-0.25, -0.2) is 0 Å². The monoisotopic (exact) mass is 690 g/mol. The molecule has 0 aliphatic carbocycles. The molecule has 0 radical (unpaired) electrons. The highest BCUT2D eigenvalue weighted by molar-refractivity contribution is 6.13. The molecule has 3 heterocycles. The number of fused-ring (bicyclic) bond motifs is 6. The molecular weight excluding hydrogens is 657 g/mol. The van der Waals surface area contributed by atoms with Gasteiger partial charge in [0.1, 0.15) is 0 Å². The molecule has 0 amide bonds. The van der Waals surface area contributed by atoms with Crippen molar-refractivity contribution in [1.82, 2.24) is 14.1 Å². The third-order valence-electron chi connectivity index (χ3n) is 10.8. The molecule has 10 aromatic rings. The Bertz CT molecular complexity index is 2940. The number of benzene rings is 7. The number of aryl methyl sites for hydroxylation is 2. The fraction of sp³-hybridized carbons (Fsp3) is 0.0400. The summed E-state index contributed by atoms with van der Waals surface area (Å²) in [6.45, 7) is 4.23. The van der Waals surface area contributed by atoms with Crippen molar-refractivity contribution in [1.29, 1.82) is 5.26 Å². The van der Waals surface area contributed by atoms with E-state index in [9.17, 15) is 5.26 Å². The lowest BCUT2D eigenvalue weighted by Gasteiger charge is -2.20. The van der Waals surface area contributed by atoms with E-state index >= 15 is 0 Å². The van der Waals surface area contributed by atoms with Crippen molar-refractivity contribution < 1.29 is 0 Å². The zero-order valence-corrected chi connectivity index (χ0v) is 30.0. The van der Waals surface area contributed by atoms with Crippen LogP contribution in [0.4, 0.5) is 0 Å². The van der Waals surface area contributed by atoms with Crippen molar-refractivity contribution in [3.63, 3.8) is 0 Å². The molecule has 0 fully saturated rings. The summed E-state index contributed by atoms with van der Waals surface area (Å²) in [5, 5.41) is 15.2. The van der Waals surface area contributed by atoms with E-state index in [0.717, 1.165) is 88.4 Å². The van der Waals surface area contributed by atoms with E-state index in [-0.39, 0.29) is 0 Å². The molecule has 0 saturated heterocycles. The zero-order chi connectivity index (χ0) is 36.3. The highest BCUT2D eigenvalue weighted by atomic mass is 15.0. The van der Waals surface area contributed by atoms with Gasteiger partial charge in [-0.15, -0.1) is 0 Å². The van der Waals surface area contributed by atoms with Crippen LogP contribution in [-0.2, 0) is 0 Å². The molecule has 0 N–H and O–H groups in total. The Morgan fingerprint density at radius 3 is 1.37 bits per heavy atom. The second-order valence-corrected chi connectivity index (χ2v) is 14.1. The van der Waals surface area contributed by atoms with Gasteiger partial charge in [0, 0.05) is 32.7 Å². The lowest BCUT2D eigenvalue weighted by atomic mass is 9.97. The van der Waals surface area contributed by atoms with E-state index in [0.29, 0.717) is 5.56 Å². The minimum atomic E-state index is 0.605. The largest absolute Gasteiger partial charge is 0.307 e. The zero-order valence-electron chi connectivity index (χ0n) is 30.0. The summed E-state index contributed by atoms with van der Waals surface area (Å²) in [5.41, 5.74) is 15.6. The van der Waals surface area contributed by atoms with Crippen LogP contribution in [0.3, 0.4) is 0 Å². The molecule has 4 heteroatoms. The molecule has 254 valence electrons. The van der Waals surface area contributed by atoms with Crippen molar-refractivity contribution in [2.45, 2.75) is 13.8 Å². The average Bonchev–Trinajstić information content (AvgIpc) is 3.73. The fourth-order valence-corrected chi connectivity index (χ4v) is 8.16. The molecule has 0 atom stereocenters. The van der Waals surface area contributed by atoms with Crippen molar-refractivity contribution in [2.24, 2.45) is 0 Å². The number of para-hydroxylation sites is 2. The second-order valence-electron chi connectivity index (χ2n) is 14.1. The average molecular weight is 691 g/mol. The van der Waals surface area contributed by atoms with Gasteiger partial charge in [-0.2, -0.15) is 5.26 Å². The van der Waals surface area contributed by atoms with Crippen LogP contribution in [0.25, 0.3) is 88.4 Å². The standard InChI is InChI=1S/C50H34N4/c1-32-15-19-34(20-16-32)36-23-25-42-40-11-5-7-13-44(40)53(46(42)27-36)48-30-52-31-49(50(48)39-10-4-3-9-38(39)29-51)54-45-14-8-6-12-41(45)43-26-24-37(28-47(43)54)35-21-17-33(2)18-22-35/h3-28,30-31H,1-2H3. The smallest absolute Gasteiger partial charge is 0.0998 e. The lowest BCUT2D eigenvalue weighted by molar-refractivity contribution is 1.09. The minimum absolute atomic E-state index is 0.605. The summed E-state index contributed by atoms with van der Waals surface area (Å²) in [5.74, 6) is 0. The van der Waals surface area contributed by atoms with Crippen LogP contribution < -0.4 is 0 Å². The molecule has 0 aliphatic heterocycles. The maximum absolute atomic E-state index is 10.6. The molecule has 0 unspecified atom stereocenters. The van der Waals surface area contributed by atoms with Gasteiger partial charge in [0.05, 0.1) is 57.5 Å². The molecule has 3 aromatic heterocycles. The third kappa shape index (κ3) is 4.94. The van der Waals surface area contributed by atoms with E-state index in [1.54, 1.807) is 0 Å². The van der Waals surface area contributed by atoms with Gasteiger partial charge in [0.25, 0.3) is 0 Å².